The van der Waals surface area contributed by atoms with E-state index in [0.717, 1.165) is 16.7 Å². The standard InChI is InChI=1S/C13H18BrN3S/c1-8-5-6-12(18-8)9(2)15-7-11-13(14)10(3)16-17(11)4/h5-6,9,15H,7H2,1-4H3. The van der Waals surface area contributed by atoms with E-state index in [1.54, 1.807) is 0 Å². The van der Waals surface area contributed by atoms with Gasteiger partial charge in [0.25, 0.3) is 0 Å². The van der Waals surface area contributed by atoms with E-state index in [4.69, 9.17) is 0 Å². The third-order valence-electron chi connectivity index (χ3n) is 3.03. The minimum Gasteiger partial charge on any atom is -0.304 e. The van der Waals surface area contributed by atoms with Gasteiger partial charge in [-0.2, -0.15) is 5.10 Å². The predicted molar refractivity (Wildman–Crippen MR) is 80.0 cm³/mol. The number of nitrogens with one attached hydrogen (secondary N) is 1. The Balaban J connectivity index is 2.03. The molecule has 1 atom stereocenters. The second kappa shape index (κ2) is 5.55. The van der Waals surface area contributed by atoms with Gasteiger partial charge in [0.05, 0.1) is 15.9 Å². The molecule has 0 radical (unpaired) electrons. The molecule has 1 N–H and O–H groups in total. The van der Waals surface area contributed by atoms with E-state index in [9.17, 15) is 0 Å². The van der Waals surface area contributed by atoms with Crippen molar-refractivity contribution >= 4 is 27.3 Å². The molecule has 0 amide bonds. The molecule has 0 aromatic carbocycles. The summed E-state index contributed by atoms with van der Waals surface area (Å²) in [6, 6.07) is 4.73. The lowest BCUT2D eigenvalue weighted by molar-refractivity contribution is 0.553. The third-order valence-corrected chi connectivity index (χ3v) is 5.24. The zero-order valence-electron chi connectivity index (χ0n) is 11.1. The van der Waals surface area contributed by atoms with Crippen molar-refractivity contribution in [1.82, 2.24) is 15.1 Å². The van der Waals surface area contributed by atoms with E-state index < -0.39 is 0 Å². The molecule has 98 valence electrons. The van der Waals surface area contributed by atoms with E-state index in [1.807, 2.05) is 30.0 Å². The Hall–Kier alpha value is -0.650. The van der Waals surface area contributed by atoms with Crippen molar-refractivity contribution in [2.45, 2.75) is 33.4 Å². The Morgan fingerprint density at radius 1 is 1.44 bits per heavy atom. The number of aromatic nitrogens is 2. The highest BCUT2D eigenvalue weighted by molar-refractivity contribution is 9.10. The molecule has 3 nitrogen and oxygen atoms in total. The van der Waals surface area contributed by atoms with Gasteiger partial charge in [0, 0.05) is 29.4 Å². The van der Waals surface area contributed by atoms with Crippen LogP contribution < -0.4 is 5.32 Å². The minimum atomic E-state index is 0.366. The molecule has 0 saturated carbocycles. The van der Waals surface area contributed by atoms with Gasteiger partial charge in [-0.15, -0.1) is 11.3 Å². The van der Waals surface area contributed by atoms with Crippen LogP contribution in [-0.2, 0) is 13.6 Å². The molecule has 18 heavy (non-hydrogen) atoms. The van der Waals surface area contributed by atoms with Crippen LogP contribution in [0, 0.1) is 13.8 Å². The number of hydrogen-bond acceptors (Lipinski definition) is 3. The predicted octanol–water partition coefficient (Wildman–Crippen LogP) is 3.71. The molecule has 0 aliphatic rings. The molecule has 0 aliphatic carbocycles. The maximum Gasteiger partial charge on any atom is 0.0739 e. The van der Waals surface area contributed by atoms with Gasteiger partial charge in [-0.05, 0) is 48.8 Å². The largest absolute Gasteiger partial charge is 0.304 e. The lowest BCUT2D eigenvalue weighted by Gasteiger charge is -2.12. The Bertz CT molecular complexity index is 544. The maximum atomic E-state index is 4.40. The van der Waals surface area contributed by atoms with Gasteiger partial charge >= 0.3 is 0 Å². The van der Waals surface area contributed by atoms with Crippen LogP contribution in [-0.4, -0.2) is 9.78 Å². The first-order chi connectivity index (χ1) is 8.49. The summed E-state index contributed by atoms with van der Waals surface area (Å²) in [4.78, 5) is 2.73. The molecule has 5 heteroatoms. The van der Waals surface area contributed by atoms with Gasteiger partial charge in [0.1, 0.15) is 0 Å². The molecule has 0 fully saturated rings. The van der Waals surface area contributed by atoms with Gasteiger partial charge in [-0.1, -0.05) is 0 Å². The van der Waals surface area contributed by atoms with Crippen LogP contribution in [0.3, 0.4) is 0 Å². The van der Waals surface area contributed by atoms with E-state index in [2.05, 4.69) is 52.3 Å². The Kier molecular flexibility index (Phi) is 4.25. The molecular weight excluding hydrogens is 310 g/mol. The fraction of sp³-hybridized carbons (Fsp3) is 0.462. The van der Waals surface area contributed by atoms with Crippen LogP contribution in [0.15, 0.2) is 16.6 Å². The van der Waals surface area contributed by atoms with Crippen LogP contribution in [0.5, 0.6) is 0 Å². The quantitative estimate of drug-likeness (QED) is 0.927. The van der Waals surface area contributed by atoms with E-state index in [-0.39, 0.29) is 0 Å². The van der Waals surface area contributed by atoms with Crippen LogP contribution >= 0.6 is 27.3 Å². The zero-order valence-corrected chi connectivity index (χ0v) is 13.5. The summed E-state index contributed by atoms with van der Waals surface area (Å²) in [5.74, 6) is 0. The first-order valence-electron chi connectivity index (χ1n) is 5.96. The molecule has 0 spiro atoms. The topological polar surface area (TPSA) is 29.9 Å². The van der Waals surface area contributed by atoms with Gasteiger partial charge in [0.15, 0.2) is 0 Å². The number of hydrogen-bond donors (Lipinski definition) is 1. The monoisotopic (exact) mass is 327 g/mol. The molecule has 0 saturated heterocycles. The first-order valence-corrected chi connectivity index (χ1v) is 7.57. The van der Waals surface area contributed by atoms with Crippen molar-refractivity contribution in [3.05, 3.63) is 37.7 Å². The van der Waals surface area contributed by atoms with Crippen molar-refractivity contribution in [1.29, 1.82) is 0 Å². The second-order valence-corrected chi connectivity index (χ2v) is 6.63. The van der Waals surface area contributed by atoms with Crippen LogP contribution in [0.2, 0.25) is 0 Å². The summed E-state index contributed by atoms with van der Waals surface area (Å²) in [6.45, 7) is 7.17. The van der Waals surface area contributed by atoms with Crippen LogP contribution in [0.1, 0.15) is 34.1 Å². The van der Waals surface area contributed by atoms with Crippen molar-refractivity contribution in [2.75, 3.05) is 0 Å². The molecule has 2 aromatic heterocycles. The van der Waals surface area contributed by atoms with Gasteiger partial charge in [0.2, 0.25) is 0 Å². The molecule has 2 rings (SSSR count). The highest BCUT2D eigenvalue weighted by atomic mass is 79.9. The fourth-order valence-corrected chi connectivity index (χ4v) is 3.29. The molecule has 1 unspecified atom stereocenters. The van der Waals surface area contributed by atoms with Gasteiger partial charge < -0.3 is 5.32 Å². The summed E-state index contributed by atoms with van der Waals surface area (Å²) in [6.07, 6.45) is 0. The zero-order chi connectivity index (χ0) is 13.3. The highest BCUT2D eigenvalue weighted by Gasteiger charge is 2.12. The normalized spacial score (nSPS) is 12.9. The fourth-order valence-electron chi connectivity index (χ4n) is 1.91. The van der Waals surface area contributed by atoms with Gasteiger partial charge in [-0.25, -0.2) is 0 Å². The molecule has 0 aliphatic heterocycles. The summed E-state index contributed by atoms with van der Waals surface area (Å²) in [5, 5.41) is 7.94. The van der Waals surface area contributed by atoms with Crippen LogP contribution in [0.25, 0.3) is 0 Å². The van der Waals surface area contributed by atoms with E-state index in [1.165, 1.54) is 15.4 Å². The maximum absolute atomic E-state index is 4.40. The number of thiophene rings is 1. The summed E-state index contributed by atoms with van der Waals surface area (Å²) in [5.41, 5.74) is 2.22. The summed E-state index contributed by atoms with van der Waals surface area (Å²) in [7, 11) is 1.98. The van der Waals surface area contributed by atoms with Crippen LogP contribution in [0.4, 0.5) is 0 Å². The summed E-state index contributed by atoms with van der Waals surface area (Å²) >= 11 is 5.44. The SMILES string of the molecule is Cc1ccc(C(C)NCc2c(Br)c(C)nn2C)s1. The minimum absolute atomic E-state index is 0.366. The Morgan fingerprint density at radius 2 is 2.17 bits per heavy atom. The first kappa shape index (κ1) is 13.8. The van der Waals surface area contributed by atoms with E-state index in [0.29, 0.717) is 6.04 Å². The lowest BCUT2D eigenvalue weighted by atomic mass is 10.2. The average Bonchev–Trinajstić information content (AvgIpc) is 2.83. The number of nitrogens with zero attached hydrogens (tertiary/aromatic N) is 2. The molecule has 0 bridgehead atoms. The van der Waals surface area contributed by atoms with Crippen molar-refractivity contribution in [3.8, 4) is 0 Å². The van der Waals surface area contributed by atoms with Crippen molar-refractivity contribution in [3.63, 3.8) is 0 Å². The Morgan fingerprint density at radius 3 is 2.67 bits per heavy atom. The van der Waals surface area contributed by atoms with Crippen molar-refractivity contribution in [2.24, 2.45) is 7.05 Å². The molecule has 2 heterocycles. The number of halogens is 1. The molecular formula is C13H18BrN3S. The molecule has 2 aromatic rings. The lowest BCUT2D eigenvalue weighted by Crippen LogP contribution is -2.19. The highest BCUT2D eigenvalue weighted by Crippen LogP contribution is 2.24. The summed E-state index contributed by atoms with van der Waals surface area (Å²) < 4.78 is 3.03. The number of aryl methyl sites for hydroxylation is 3. The second-order valence-electron chi connectivity index (χ2n) is 4.52. The van der Waals surface area contributed by atoms with Crippen molar-refractivity contribution < 1.29 is 0 Å². The van der Waals surface area contributed by atoms with E-state index >= 15 is 0 Å². The van der Waals surface area contributed by atoms with Gasteiger partial charge in [-0.3, -0.25) is 4.68 Å². The number of rotatable bonds is 4. The average molecular weight is 328 g/mol. The Labute approximate surface area is 120 Å². The third kappa shape index (κ3) is 2.84. The smallest absolute Gasteiger partial charge is 0.0739 e.